The molecule has 0 radical (unpaired) electrons. The first-order valence-electron chi connectivity index (χ1n) is 7.26. The van der Waals surface area contributed by atoms with Crippen LogP contribution in [0.5, 0.6) is 5.75 Å². The number of hydrogen-bond donors (Lipinski definition) is 3. The zero-order chi connectivity index (χ0) is 18.7. The number of nitrogens with zero attached hydrogens (tertiary/aromatic N) is 1. The van der Waals surface area contributed by atoms with Gasteiger partial charge in [0.05, 0.1) is 11.1 Å². The summed E-state index contributed by atoms with van der Waals surface area (Å²) >= 11 is 5.76. The van der Waals surface area contributed by atoms with Crippen molar-refractivity contribution >= 4 is 23.4 Å². The molecule has 0 aliphatic carbocycles. The smallest absolute Gasteiger partial charge is 0.291 e. The predicted octanol–water partition coefficient (Wildman–Crippen LogP) is 2.91. The first-order chi connectivity index (χ1) is 12.5. The second-order valence-corrected chi connectivity index (χ2v) is 5.56. The van der Waals surface area contributed by atoms with Gasteiger partial charge in [-0.2, -0.15) is 0 Å². The minimum absolute atomic E-state index is 0.0621. The van der Waals surface area contributed by atoms with Crippen LogP contribution in [-0.4, -0.2) is 22.1 Å². The molecular weight excluding hydrogens is 365 g/mol. The van der Waals surface area contributed by atoms with Crippen LogP contribution in [0, 0.1) is 5.82 Å². The van der Waals surface area contributed by atoms with Gasteiger partial charge in [0, 0.05) is 11.1 Å². The number of aromatic hydroxyl groups is 1. The maximum Gasteiger partial charge on any atom is 0.291 e. The Labute approximate surface area is 151 Å². The second-order valence-electron chi connectivity index (χ2n) is 5.13. The number of phenols is 1. The van der Waals surface area contributed by atoms with Crippen LogP contribution in [0.3, 0.4) is 0 Å². The number of rotatable bonds is 3. The maximum absolute atomic E-state index is 13.7. The Kier molecular flexibility index (Phi) is 4.85. The van der Waals surface area contributed by atoms with Gasteiger partial charge in [-0.15, -0.1) is 0 Å². The highest BCUT2D eigenvalue weighted by Gasteiger charge is 2.17. The van der Waals surface area contributed by atoms with Crippen molar-refractivity contribution in [3.05, 3.63) is 70.6 Å². The fourth-order valence-electron chi connectivity index (χ4n) is 2.11. The van der Waals surface area contributed by atoms with E-state index in [1.807, 2.05) is 0 Å². The standard InChI is InChI=1S/C17H11ClFN3O4/c18-9-5-6-14(23)11(7-9)16(24)20-21-17(25)13-8-15(26-22-13)10-3-1-2-4-12(10)19/h1-8,23H,(H,20,24)(H,21,25). The highest BCUT2D eigenvalue weighted by atomic mass is 35.5. The van der Waals surface area contributed by atoms with E-state index in [-0.39, 0.29) is 33.4 Å². The summed E-state index contributed by atoms with van der Waals surface area (Å²) in [6.45, 7) is 0. The molecule has 132 valence electrons. The Bertz CT molecular complexity index is 990. The van der Waals surface area contributed by atoms with Crippen molar-refractivity contribution in [1.29, 1.82) is 0 Å². The highest BCUT2D eigenvalue weighted by molar-refractivity contribution is 6.31. The van der Waals surface area contributed by atoms with Gasteiger partial charge in [0.25, 0.3) is 11.8 Å². The zero-order valence-electron chi connectivity index (χ0n) is 13.0. The Morgan fingerprint density at radius 3 is 2.58 bits per heavy atom. The summed E-state index contributed by atoms with van der Waals surface area (Å²) in [6, 6.07) is 11.0. The van der Waals surface area contributed by atoms with Crippen LogP contribution in [0.15, 0.2) is 53.1 Å². The van der Waals surface area contributed by atoms with Crippen molar-refractivity contribution in [3.8, 4) is 17.1 Å². The molecule has 7 nitrogen and oxygen atoms in total. The van der Waals surface area contributed by atoms with Gasteiger partial charge in [0.15, 0.2) is 11.5 Å². The Morgan fingerprint density at radius 1 is 1.08 bits per heavy atom. The van der Waals surface area contributed by atoms with Gasteiger partial charge in [-0.1, -0.05) is 28.9 Å². The summed E-state index contributed by atoms with van der Waals surface area (Å²) in [5.41, 5.74) is 4.08. The van der Waals surface area contributed by atoms with Crippen LogP contribution in [0.4, 0.5) is 4.39 Å². The molecule has 3 aromatic rings. The number of carbonyl (C=O) groups excluding carboxylic acids is 2. The molecule has 0 saturated carbocycles. The lowest BCUT2D eigenvalue weighted by molar-refractivity contribution is 0.0840. The van der Waals surface area contributed by atoms with E-state index >= 15 is 0 Å². The number of aromatic nitrogens is 1. The third kappa shape index (κ3) is 3.65. The topological polar surface area (TPSA) is 104 Å². The van der Waals surface area contributed by atoms with Crippen LogP contribution < -0.4 is 10.9 Å². The van der Waals surface area contributed by atoms with Crippen molar-refractivity contribution in [2.24, 2.45) is 0 Å². The largest absolute Gasteiger partial charge is 0.507 e. The van der Waals surface area contributed by atoms with E-state index < -0.39 is 17.6 Å². The van der Waals surface area contributed by atoms with Crippen molar-refractivity contribution in [2.75, 3.05) is 0 Å². The Hall–Kier alpha value is -3.39. The quantitative estimate of drug-likeness (QED) is 0.610. The van der Waals surface area contributed by atoms with Crippen molar-refractivity contribution < 1.29 is 23.6 Å². The molecule has 0 unspecified atom stereocenters. The molecule has 0 spiro atoms. The summed E-state index contributed by atoms with van der Waals surface area (Å²) < 4.78 is 18.7. The summed E-state index contributed by atoms with van der Waals surface area (Å²) in [5.74, 6) is -2.33. The first-order valence-corrected chi connectivity index (χ1v) is 7.64. The number of carbonyl (C=O) groups is 2. The molecule has 0 saturated heterocycles. The van der Waals surface area contributed by atoms with Gasteiger partial charge in [-0.3, -0.25) is 20.4 Å². The van der Waals surface area contributed by atoms with Crippen LogP contribution in [0.2, 0.25) is 5.02 Å². The molecule has 0 bridgehead atoms. The number of nitrogens with one attached hydrogen (secondary N) is 2. The van der Waals surface area contributed by atoms with Gasteiger partial charge >= 0.3 is 0 Å². The summed E-state index contributed by atoms with van der Waals surface area (Å²) in [5, 5.41) is 13.4. The molecule has 26 heavy (non-hydrogen) atoms. The third-order valence-electron chi connectivity index (χ3n) is 3.37. The molecule has 2 aromatic carbocycles. The minimum atomic E-state index is -0.786. The summed E-state index contributed by atoms with van der Waals surface area (Å²) in [6.07, 6.45) is 0. The molecule has 0 fully saturated rings. The second kappa shape index (κ2) is 7.24. The lowest BCUT2D eigenvalue weighted by Crippen LogP contribution is -2.41. The van der Waals surface area contributed by atoms with Crippen molar-refractivity contribution in [3.63, 3.8) is 0 Å². The average molecular weight is 376 g/mol. The summed E-state index contributed by atoms with van der Waals surface area (Å²) in [4.78, 5) is 24.0. The monoisotopic (exact) mass is 375 g/mol. The SMILES string of the molecule is O=C(NNC(=O)c1cc(Cl)ccc1O)c1cc(-c2ccccc2F)on1. The molecule has 0 aliphatic rings. The summed E-state index contributed by atoms with van der Waals surface area (Å²) in [7, 11) is 0. The molecule has 1 heterocycles. The lowest BCUT2D eigenvalue weighted by Gasteiger charge is -2.07. The molecule has 3 N–H and O–H groups in total. The predicted molar refractivity (Wildman–Crippen MR) is 89.9 cm³/mol. The van der Waals surface area contributed by atoms with Crippen molar-refractivity contribution in [1.82, 2.24) is 16.0 Å². The number of hydrazine groups is 1. The molecular formula is C17H11ClFN3O4. The minimum Gasteiger partial charge on any atom is -0.507 e. The van der Waals surface area contributed by atoms with E-state index in [1.165, 1.54) is 42.5 Å². The number of hydrogen-bond acceptors (Lipinski definition) is 5. The van der Waals surface area contributed by atoms with Crippen LogP contribution in [0.1, 0.15) is 20.8 Å². The number of phenolic OH excluding ortho intramolecular Hbond substituents is 1. The van der Waals surface area contributed by atoms with Gasteiger partial charge in [-0.05, 0) is 30.3 Å². The lowest BCUT2D eigenvalue weighted by atomic mass is 10.1. The maximum atomic E-state index is 13.7. The number of halogens is 2. The van der Waals surface area contributed by atoms with E-state index in [2.05, 4.69) is 16.0 Å². The van der Waals surface area contributed by atoms with E-state index in [4.69, 9.17) is 16.1 Å². The third-order valence-corrected chi connectivity index (χ3v) is 3.61. The normalized spacial score (nSPS) is 10.4. The van der Waals surface area contributed by atoms with Crippen LogP contribution in [-0.2, 0) is 0 Å². The van der Waals surface area contributed by atoms with Crippen molar-refractivity contribution in [2.45, 2.75) is 0 Å². The number of benzene rings is 2. The van der Waals surface area contributed by atoms with E-state index in [1.54, 1.807) is 6.07 Å². The fourth-order valence-corrected chi connectivity index (χ4v) is 2.28. The molecule has 0 atom stereocenters. The van der Waals surface area contributed by atoms with E-state index in [9.17, 15) is 19.1 Å². The Balaban J connectivity index is 1.68. The molecule has 0 aliphatic heterocycles. The zero-order valence-corrected chi connectivity index (χ0v) is 13.7. The van der Waals surface area contributed by atoms with Crippen LogP contribution >= 0.6 is 11.6 Å². The molecule has 2 amide bonds. The van der Waals surface area contributed by atoms with Gasteiger partial charge in [0.2, 0.25) is 0 Å². The number of amides is 2. The average Bonchev–Trinajstić information content (AvgIpc) is 3.11. The van der Waals surface area contributed by atoms with Gasteiger partial charge in [-0.25, -0.2) is 4.39 Å². The molecule has 1 aromatic heterocycles. The molecule has 3 rings (SSSR count). The van der Waals surface area contributed by atoms with E-state index in [0.29, 0.717) is 0 Å². The van der Waals surface area contributed by atoms with Gasteiger partial charge in [0.1, 0.15) is 11.6 Å². The van der Waals surface area contributed by atoms with Gasteiger partial charge < -0.3 is 9.63 Å². The highest BCUT2D eigenvalue weighted by Crippen LogP contribution is 2.23. The fraction of sp³-hybridized carbons (Fsp3) is 0. The van der Waals surface area contributed by atoms with E-state index in [0.717, 1.165) is 0 Å². The molecule has 9 heteroatoms. The van der Waals surface area contributed by atoms with Crippen LogP contribution in [0.25, 0.3) is 11.3 Å². The Morgan fingerprint density at radius 2 is 1.81 bits per heavy atom. The first kappa shape index (κ1) is 17.4.